The molecule has 0 spiro atoms. The molecule has 1 atom stereocenters. The van der Waals surface area contributed by atoms with E-state index in [4.69, 9.17) is 4.42 Å². The van der Waals surface area contributed by atoms with Crippen molar-refractivity contribution in [2.45, 2.75) is 57.8 Å². The summed E-state index contributed by atoms with van der Waals surface area (Å²) in [6.07, 6.45) is 11.2. The third-order valence-corrected chi connectivity index (χ3v) is 3.83. The molecule has 1 aliphatic carbocycles. The lowest BCUT2D eigenvalue weighted by atomic mass is 9.89. The van der Waals surface area contributed by atoms with Crippen molar-refractivity contribution in [3.63, 3.8) is 0 Å². The monoisotopic (exact) mass is 275 g/mol. The topological polar surface area (TPSA) is 42.2 Å². The highest BCUT2D eigenvalue weighted by atomic mass is 16.3. The maximum Gasteiger partial charge on any atom is 0.158 e. The molecular weight excluding hydrogens is 250 g/mol. The number of carbonyl (C=O) groups excluding carboxylic acids is 1. The molecule has 3 heteroatoms. The number of hydrogen-bond acceptors (Lipinski definition) is 3. The molecule has 0 radical (unpaired) electrons. The van der Waals surface area contributed by atoms with Crippen LogP contribution in [0, 0.1) is 0 Å². The first-order valence-electron chi connectivity index (χ1n) is 7.80. The van der Waals surface area contributed by atoms with Gasteiger partial charge >= 0.3 is 0 Å². The molecule has 110 valence electrons. The number of carbonyl (C=O) groups is 1. The Kier molecular flexibility index (Phi) is 5.90. The predicted octanol–water partition coefficient (Wildman–Crippen LogP) is 4.17. The van der Waals surface area contributed by atoms with Gasteiger partial charge in [0.1, 0.15) is 5.76 Å². The Morgan fingerprint density at radius 1 is 1.25 bits per heavy atom. The normalized spacial score (nSPS) is 18.9. The minimum Gasteiger partial charge on any atom is -0.469 e. The van der Waals surface area contributed by atoms with Gasteiger partial charge in [0, 0.05) is 30.7 Å². The quantitative estimate of drug-likeness (QED) is 0.724. The van der Waals surface area contributed by atoms with Gasteiger partial charge in [0.05, 0.1) is 6.26 Å². The van der Waals surface area contributed by atoms with Gasteiger partial charge in [-0.05, 0) is 25.0 Å². The molecule has 2 rings (SSSR count). The third kappa shape index (κ3) is 4.55. The Morgan fingerprint density at radius 2 is 2.10 bits per heavy atom. The molecule has 0 fully saturated rings. The number of allylic oxidation sites excluding steroid dienone is 2. The van der Waals surface area contributed by atoms with Gasteiger partial charge in [-0.25, -0.2) is 0 Å². The highest BCUT2D eigenvalue weighted by Crippen LogP contribution is 2.30. The molecule has 0 amide bonds. The van der Waals surface area contributed by atoms with Gasteiger partial charge in [0.25, 0.3) is 0 Å². The van der Waals surface area contributed by atoms with Crippen LogP contribution in [0.2, 0.25) is 0 Å². The second kappa shape index (κ2) is 7.93. The number of unbranched alkanes of at least 4 members (excludes halogenated alkanes) is 4. The van der Waals surface area contributed by atoms with Crippen molar-refractivity contribution in [2.24, 2.45) is 0 Å². The van der Waals surface area contributed by atoms with E-state index in [9.17, 15) is 4.79 Å². The van der Waals surface area contributed by atoms with E-state index in [0.717, 1.165) is 24.4 Å². The molecule has 0 bridgehead atoms. The molecule has 1 aromatic rings. The van der Waals surface area contributed by atoms with Crippen LogP contribution < -0.4 is 5.32 Å². The number of hydrogen-bond donors (Lipinski definition) is 1. The number of rotatable bonds is 8. The van der Waals surface area contributed by atoms with E-state index in [1.807, 2.05) is 12.1 Å². The molecule has 1 N–H and O–H groups in total. The van der Waals surface area contributed by atoms with Crippen molar-refractivity contribution in [3.8, 4) is 0 Å². The largest absolute Gasteiger partial charge is 0.469 e. The average molecular weight is 275 g/mol. The first-order chi connectivity index (χ1) is 9.79. The van der Waals surface area contributed by atoms with Gasteiger partial charge in [-0.15, -0.1) is 0 Å². The van der Waals surface area contributed by atoms with E-state index in [-0.39, 0.29) is 11.7 Å². The first kappa shape index (κ1) is 14.9. The standard InChI is InChI=1S/C17H25NO2/c1-2-3-4-5-6-9-18-15-11-14(12-16(19)13-15)17-8-7-10-20-17/h7-8,10,13-14,18H,2-6,9,11-12H2,1H3/t14-/m0/s1. The number of furan rings is 1. The zero-order valence-electron chi connectivity index (χ0n) is 12.4. The Bertz CT molecular complexity index is 434. The summed E-state index contributed by atoms with van der Waals surface area (Å²) in [5.41, 5.74) is 1.07. The van der Waals surface area contributed by atoms with Crippen molar-refractivity contribution in [2.75, 3.05) is 6.54 Å². The minimum absolute atomic E-state index is 0.199. The summed E-state index contributed by atoms with van der Waals surface area (Å²) in [5.74, 6) is 1.32. The summed E-state index contributed by atoms with van der Waals surface area (Å²) >= 11 is 0. The maximum atomic E-state index is 11.8. The van der Waals surface area contributed by atoms with Crippen LogP contribution in [0.5, 0.6) is 0 Å². The first-order valence-corrected chi connectivity index (χ1v) is 7.80. The highest BCUT2D eigenvalue weighted by Gasteiger charge is 2.23. The Hall–Kier alpha value is -1.51. The molecule has 20 heavy (non-hydrogen) atoms. The summed E-state index contributed by atoms with van der Waals surface area (Å²) in [6, 6.07) is 3.85. The molecule has 1 heterocycles. The summed E-state index contributed by atoms with van der Waals surface area (Å²) in [6.45, 7) is 3.19. The van der Waals surface area contributed by atoms with Crippen LogP contribution in [0.4, 0.5) is 0 Å². The van der Waals surface area contributed by atoms with Gasteiger partial charge < -0.3 is 9.73 Å². The lowest BCUT2D eigenvalue weighted by Crippen LogP contribution is -2.22. The SMILES string of the molecule is CCCCCCCNC1=CC(=O)C[C@@H](c2ccco2)C1. The van der Waals surface area contributed by atoms with Crippen LogP contribution in [-0.2, 0) is 4.79 Å². The second-order valence-corrected chi connectivity index (χ2v) is 5.60. The lowest BCUT2D eigenvalue weighted by molar-refractivity contribution is -0.115. The van der Waals surface area contributed by atoms with E-state index in [1.54, 1.807) is 12.3 Å². The van der Waals surface area contributed by atoms with E-state index in [0.29, 0.717) is 6.42 Å². The lowest BCUT2D eigenvalue weighted by Gasteiger charge is -2.21. The zero-order chi connectivity index (χ0) is 14.2. The van der Waals surface area contributed by atoms with Crippen molar-refractivity contribution in [1.82, 2.24) is 5.32 Å². The Balaban J connectivity index is 1.75. The van der Waals surface area contributed by atoms with Gasteiger partial charge in [0.15, 0.2) is 5.78 Å². The summed E-state index contributed by atoms with van der Waals surface area (Å²) < 4.78 is 5.43. The average Bonchev–Trinajstić information content (AvgIpc) is 2.96. The summed E-state index contributed by atoms with van der Waals surface area (Å²) in [5, 5.41) is 3.42. The Labute approximate surface area is 121 Å². The van der Waals surface area contributed by atoms with Gasteiger partial charge in [0.2, 0.25) is 0 Å². The van der Waals surface area contributed by atoms with Crippen LogP contribution in [-0.4, -0.2) is 12.3 Å². The van der Waals surface area contributed by atoms with Crippen molar-refractivity contribution < 1.29 is 9.21 Å². The molecule has 0 saturated heterocycles. The second-order valence-electron chi connectivity index (χ2n) is 5.60. The molecule has 0 aliphatic heterocycles. The fourth-order valence-corrected chi connectivity index (χ4v) is 2.72. The molecule has 0 aromatic carbocycles. The van der Waals surface area contributed by atoms with E-state index >= 15 is 0 Å². The summed E-state index contributed by atoms with van der Waals surface area (Å²) in [7, 11) is 0. The molecule has 0 saturated carbocycles. The molecule has 3 nitrogen and oxygen atoms in total. The highest BCUT2D eigenvalue weighted by molar-refractivity contribution is 5.91. The van der Waals surface area contributed by atoms with Crippen molar-refractivity contribution in [1.29, 1.82) is 0 Å². The fraction of sp³-hybridized carbons (Fsp3) is 0.588. The van der Waals surface area contributed by atoms with Crippen LogP contribution in [0.3, 0.4) is 0 Å². The van der Waals surface area contributed by atoms with E-state index in [1.165, 1.54) is 32.1 Å². The predicted molar refractivity (Wildman–Crippen MR) is 80.5 cm³/mol. The van der Waals surface area contributed by atoms with Crippen LogP contribution in [0.15, 0.2) is 34.6 Å². The summed E-state index contributed by atoms with van der Waals surface area (Å²) in [4.78, 5) is 11.8. The molecule has 1 aliphatic rings. The molecule has 1 aromatic heterocycles. The molecule has 0 unspecified atom stereocenters. The van der Waals surface area contributed by atoms with Crippen molar-refractivity contribution in [3.05, 3.63) is 35.9 Å². The zero-order valence-corrected chi connectivity index (χ0v) is 12.4. The fourth-order valence-electron chi connectivity index (χ4n) is 2.72. The van der Waals surface area contributed by atoms with Crippen molar-refractivity contribution >= 4 is 5.78 Å². The van der Waals surface area contributed by atoms with Gasteiger partial charge in [-0.3, -0.25) is 4.79 Å². The number of ketones is 1. The van der Waals surface area contributed by atoms with Crippen LogP contribution >= 0.6 is 0 Å². The maximum absolute atomic E-state index is 11.8. The minimum atomic E-state index is 0.199. The van der Waals surface area contributed by atoms with Gasteiger partial charge in [-0.2, -0.15) is 0 Å². The molecular formula is C17H25NO2. The third-order valence-electron chi connectivity index (χ3n) is 3.83. The van der Waals surface area contributed by atoms with E-state index < -0.39 is 0 Å². The van der Waals surface area contributed by atoms with Crippen LogP contribution in [0.25, 0.3) is 0 Å². The van der Waals surface area contributed by atoms with E-state index in [2.05, 4.69) is 12.2 Å². The van der Waals surface area contributed by atoms with Gasteiger partial charge in [-0.1, -0.05) is 32.6 Å². The van der Waals surface area contributed by atoms with Crippen LogP contribution in [0.1, 0.15) is 63.5 Å². The number of nitrogens with one attached hydrogen (secondary N) is 1. The smallest absolute Gasteiger partial charge is 0.158 e. The Morgan fingerprint density at radius 3 is 2.85 bits per heavy atom.